The molecule has 0 aliphatic carbocycles. The third-order valence-corrected chi connectivity index (χ3v) is 5.44. The average Bonchev–Trinajstić information content (AvgIpc) is 3.44. The molecule has 1 aromatic carbocycles. The molecule has 5 rings (SSSR count). The van der Waals surface area contributed by atoms with Crippen molar-refractivity contribution in [1.29, 1.82) is 5.26 Å². The zero-order valence-electron chi connectivity index (χ0n) is 15.6. The van der Waals surface area contributed by atoms with Gasteiger partial charge in [-0.3, -0.25) is 4.40 Å². The van der Waals surface area contributed by atoms with E-state index >= 15 is 0 Å². The molecule has 0 bridgehead atoms. The Morgan fingerprint density at radius 2 is 2.24 bits per heavy atom. The Balaban J connectivity index is 1.74. The maximum atomic E-state index is 14.0. The topological polar surface area (TPSA) is 116 Å². The second-order valence-corrected chi connectivity index (χ2v) is 7.02. The molecule has 0 radical (unpaired) electrons. The Morgan fingerprint density at radius 3 is 2.97 bits per heavy atom. The number of aryl methyl sites for hydroxylation is 1. The SMILES string of the molecule is Cc1c2c(-c3noc(C4CCOC4C)n3)ncn2c2ccc(F)c(C#N)c2[n+]1[O-]. The van der Waals surface area contributed by atoms with Gasteiger partial charge in [-0.25, -0.2) is 9.37 Å². The van der Waals surface area contributed by atoms with E-state index in [0.717, 1.165) is 12.5 Å². The zero-order chi connectivity index (χ0) is 20.3. The van der Waals surface area contributed by atoms with Crippen LogP contribution in [-0.4, -0.2) is 32.2 Å². The van der Waals surface area contributed by atoms with Crippen molar-refractivity contribution in [2.24, 2.45) is 0 Å². The molecule has 146 valence electrons. The fourth-order valence-electron chi connectivity index (χ4n) is 3.90. The maximum Gasteiger partial charge on any atom is 0.262 e. The molecule has 29 heavy (non-hydrogen) atoms. The molecule has 3 aromatic heterocycles. The number of nitriles is 1. The highest BCUT2D eigenvalue weighted by molar-refractivity contribution is 5.85. The van der Waals surface area contributed by atoms with E-state index in [4.69, 9.17) is 9.26 Å². The first-order valence-corrected chi connectivity index (χ1v) is 9.08. The largest absolute Gasteiger partial charge is 0.618 e. The van der Waals surface area contributed by atoms with Crippen LogP contribution in [-0.2, 0) is 4.74 Å². The minimum absolute atomic E-state index is 0.0117. The summed E-state index contributed by atoms with van der Waals surface area (Å²) in [4.78, 5) is 8.85. The van der Waals surface area contributed by atoms with Gasteiger partial charge in [0.2, 0.25) is 17.4 Å². The molecule has 1 fully saturated rings. The molecule has 0 spiro atoms. The van der Waals surface area contributed by atoms with Gasteiger partial charge in [0.15, 0.2) is 5.56 Å². The van der Waals surface area contributed by atoms with Crippen LogP contribution in [0.25, 0.3) is 28.1 Å². The van der Waals surface area contributed by atoms with Crippen molar-refractivity contribution in [2.45, 2.75) is 32.3 Å². The van der Waals surface area contributed by atoms with Crippen molar-refractivity contribution in [3.05, 3.63) is 46.6 Å². The Morgan fingerprint density at radius 1 is 1.41 bits per heavy atom. The Labute approximate surface area is 163 Å². The van der Waals surface area contributed by atoms with Gasteiger partial charge in [0, 0.05) is 13.5 Å². The van der Waals surface area contributed by atoms with Gasteiger partial charge in [-0.15, -0.1) is 0 Å². The molecule has 4 heterocycles. The molecular weight excluding hydrogens is 379 g/mol. The lowest BCUT2D eigenvalue weighted by molar-refractivity contribution is -0.583. The van der Waals surface area contributed by atoms with Gasteiger partial charge in [0.25, 0.3) is 5.52 Å². The number of benzene rings is 1. The Kier molecular flexibility index (Phi) is 3.75. The Hall–Kier alpha value is -3.58. The summed E-state index contributed by atoms with van der Waals surface area (Å²) in [5, 5.41) is 26.2. The number of halogens is 1. The van der Waals surface area contributed by atoms with Crippen LogP contribution in [0.15, 0.2) is 23.0 Å². The molecule has 0 N–H and O–H groups in total. The van der Waals surface area contributed by atoms with Gasteiger partial charge in [0.1, 0.15) is 34.9 Å². The lowest BCUT2D eigenvalue weighted by Crippen LogP contribution is -2.33. The number of aromatic nitrogens is 5. The van der Waals surface area contributed by atoms with Crippen LogP contribution in [0.5, 0.6) is 0 Å². The zero-order valence-corrected chi connectivity index (χ0v) is 15.6. The summed E-state index contributed by atoms with van der Waals surface area (Å²) >= 11 is 0. The molecule has 1 aliphatic rings. The number of hydrogen-bond acceptors (Lipinski definition) is 7. The molecule has 2 unspecified atom stereocenters. The average molecular weight is 394 g/mol. The van der Waals surface area contributed by atoms with Crippen molar-refractivity contribution >= 4 is 16.6 Å². The second kappa shape index (κ2) is 6.22. The minimum atomic E-state index is -0.751. The monoisotopic (exact) mass is 394 g/mol. The summed E-state index contributed by atoms with van der Waals surface area (Å²) in [6.45, 7) is 4.17. The van der Waals surface area contributed by atoms with Crippen LogP contribution in [0.2, 0.25) is 0 Å². The van der Waals surface area contributed by atoms with Crippen molar-refractivity contribution in [2.75, 3.05) is 6.61 Å². The first-order chi connectivity index (χ1) is 14.0. The number of rotatable bonds is 2. The summed E-state index contributed by atoms with van der Waals surface area (Å²) in [6.07, 6.45) is 2.27. The Bertz CT molecular complexity index is 1320. The number of fused-ring (bicyclic) bond motifs is 3. The third kappa shape index (κ3) is 2.41. The minimum Gasteiger partial charge on any atom is -0.618 e. The van der Waals surface area contributed by atoms with Crippen LogP contribution in [0, 0.1) is 29.3 Å². The summed E-state index contributed by atoms with van der Waals surface area (Å²) in [5.74, 6) is -0.0165. The molecule has 9 nitrogen and oxygen atoms in total. The van der Waals surface area contributed by atoms with Crippen molar-refractivity contribution in [3.63, 3.8) is 0 Å². The summed E-state index contributed by atoms with van der Waals surface area (Å²) in [7, 11) is 0. The van der Waals surface area contributed by atoms with Gasteiger partial charge >= 0.3 is 0 Å². The summed E-state index contributed by atoms with van der Waals surface area (Å²) in [5.41, 5.74) is 1.08. The second-order valence-electron chi connectivity index (χ2n) is 7.02. The first-order valence-electron chi connectivity index (χ1n) is 9.08. The number of ether oxygens (including phenoxy) is 1. The van der Waals surface area contributed by atoms with Gasteiger partial charge in [0.05, 0.1) is 12.0 Å². The summed E-state index contributed by atoms with van der Waals surface area (Å²) < 4.78 is 27.2. The van der Waals surface area contributed by atoms with E-state index in [0.29, 0.717) is 34.0 Å². The van der Waals surface area contributed by atoms with Crippen molar-refractivity contribution in [3.8, 4) is 17.6 Å². The van der Waals surface area contributed by atoms with Crippen molar-refractivity contribution < 1.29 is 18.4 Å². The molecule has 2 atom stereocenters. The smallest absolute Gasteiger partial charge is 0.262 e. The first kappa shape index (κ1) is 17.5. The van der Waals surface area contributed by atoms with Crippen LogP contribution in [0.3, 0.4) is 0 Å². The van der Waals surface area contributed by atoms with Crippen LogP contribution in [0.4, 0.5) is 4.39 Å². The van der Waals surface area contributed by atoms with Gasteiger partial charge in [-0.2, -0.15) is 15.0 Å². The molecule has 4 aromatic rings. The van der Waals surface area contributed by atoms with E-state index in [-0.39, 0.29) is 34.6 Å². The third-order valence-electron chi connectivity index (χ3n) is 5.44. The number of imidazole rings is 1. The van der Waals surface area contributed by atoms with Gasteiger partial charge in [-0.05, 0) is 25.5 Å². The lowest BCUT2D eigenvalue weighted by atomic mass is 10.0. The van der Waals surface area contributed by atoms with E-state index in [1.54, 1.807) is 17.4 Å². The highest BCUT2D eigenvalue weighted by Gasteiger charge is 2.32. The van der Waals surface area contributed by atoms with E-state index in [9.17, 15) is 14.9 Å². The lowest BCUT2D eigenvalue weighted by Gasteiger charge is -2.10. The predicted molar refractivity (Wildman–Crippen MR) is 97.1 cm³/mol. The quantitative estimate of drug-likeness (QED) is 0.378. The predicted octanol–water partition coefficient (Wildman–Crippen LogP) is 2.38. The molecule has 0 amide bonds. The van der Waals surface area contributed by atoms with E-state index in [2.05, 4.69) is 15.1 Å². The molecule has 1 aliphatic heterocycles. The van der Waals surface area contributed by atoms with Crippen molar-refractivity contribution in [1.82, 2.24) is 19.5 Å². The summed E-state index contributed by atoms with van der Waals surface area (Å²) in [6, 6.07) is 4.36. The van der Waals surface area contributed by atoms with Crippen LogP contribution >= 0.6 is 0 Å². The number of nitrogens with zero attached hydrogens (tertiary/aromatic N) is 6. The maximum absolute atomic E-state index is 14.0. The fourth-order valence-corrected chi connectivity index (χ4v) is 3.90. The molecule has 0 saturated carbocycles. The molecular formula is C19H15FN6O3. The highest BCUT2D eigenvalue weighted by atomic mass is 19.1. The molecule has 10 heteroatoms. The van der Waals surface area contributed by atoms with E-state index in [1.807, 2.05) is 6.92 Å². The normalized spacial score (nSPS) is 19.2. The highest BCUT2D eigenvalue weighted by Crippen LogP contribution is 2.32. The van der Waals surface area contributed by atoms with Gasteiger partial charge in [-0.1, -0.05) is 5.16 Å². The fraction of sp³-hybridized carbons (Fsp3) is 0.316. The number of hydrogen-bond donors (Lipinski definition) is 0. The van der Waals surface area contributed by atoms with E-state index in [1.165, 1.54) is 12.4 Å². The van der Waals surface area contributed by atoms with Crippen LogP contribution in [0.1, 0.15) is 36.4 Å². The standard InChI is InChI=1S/C19H15FN6O3/c1-9-16-15(18-23-19(29-24-18)11-5-6-28-10(11)2)22-8-25(16)14-4-3-13(20)12(7-21)17(14)26(9)27/h3-4,8,10-11H,5-6H2,1-2H3. The molecule has 1 saturated heterocycles. The van der Waals surface area contributed by atoms with Gasteiger partial charge < -0.3 is 14.5 Å². The van der Waals surface area contributed by atoms with E-state index < -0.39 is 5.82 Å². The van der Waals surface area contributed by atoms with Crippen LogP contribution < -0.4 is 4.73 Å².